The molecule has 4 aromatic rings. The molecule has 140 valence electrons. The quantitative estimate of drug-likeness (QED) is 0.451. The summed E-state index contributed by atoms with van der Waals surface area (Å²) in [6.07, 6.45) is 9.05. The third-order valence-corrected chi connectivity index (χ3v) is 5.51. The zero-order chi connectivity index (χ0) is 19.5. The maximum atomic E-state index is 12.2. The molecule has 4 rings (SSSR count). The van der Waals surface area contributed by atoms with E-state index in [0.717, 1.165) is 17.1 Å². The number of thiophene rings is 1. The van der Waals surface area contributed by atoms with Gasteiger partial charge < -0.3 is 4.57 Å². The summed E-state index contributed by atoms with van der Waals surface area (Å²) >= 11 is 7.18. The van der Waals surface area contributed by atoms with E-state index in [1.165, 1.54) is 22.1 Å². The molecule has 0 saturated heterocycles. The third-order valence-electron chi connectivity index (χ3n) is 4.24. The predicted molar refractivity (Wildman–Crippen MR) is 109 cm³/mol. The minimum absolute atomic E-state index is 0.0681. The molecule has 0 aliphatic heterocycles. The molecule has 0 spiro atoms. The molecule has 6 nitrogen and oxygen atoms in total. The summed E-state index contributed by atoms with van der Waals surface area (Å²) in [5.74, 6) is 0.0681. The van der Waals surface area contributed by atoms with Gasteiger partial charge in [0.1, 0.15) is 0 Å². The number of hydrogen-bond donors (Lipinski definition) is 0. The zero-order valence-electron chi connectivity index (χ0n) is 14.7. The first kappa shape index (κ1) is 18.3. The van der Waals surface area contributed by atoms with Gasteiger partial charge in [0.2, 0.25) is 0 Å². The first-order valence-electron chi connectivity index (χ1n) is 8.55. The number of nitrogens with zero attached hydrogens (tertiary/aromatic N) is 4. The standard InChI is InChI=1S/C20H15ClN4O2S/c21-19-8-7-18(28-19)17(26)6-1-14-12-24(13-23-14)15-2-4-16(5-3-15)25-10-9-22-11-20(25)27/h2-5,7-13H,1,6H2. The van der Waals surface area contributed by atoms with Crippen molar-refractivity contribution in [3.8, 4) is 11.4 Å². The summed E-state index contributed by atoms with van der Waals surface area (Å²) in [5, 5.41) is 0. The van der Waals surface area contributed by atoms with Crippen molar-refractivity contribution in [2.24, 2.45) is 0 Å². The molecule has 0 unspecified atom stereocenters. The fourth-order valence-electron chi connectivity index (χ4n) is 2.81. The van der Waals surface area contributed by atoms with Crippen LogP contribution in [0, 0.1) is 0 Å². The van der Waals surface area contributed by atoms with Gasteiger partial charge in [0.05, 0.1) is 27.4 Å². The summed E-state index contributed by atoms with van der Waals surface area (Å²) in [6, 6.07) is 11.0. The van der Waals surface area contributed by atoms with Crippen LogP contribution in [0.5, 0.6) is 0 Å². The first-order chi connectivity index (χ1) is 13.6. The van der Waals surface area contributed by atoms with Gasteiger partial charge in [-0.25, -0.2) is 4.98 Å². The Kier molecular flexibility index (Phi) is 5.18. The molecule has 0 N–H and O–H groups in total. The van der Waals surface area contributed by atoms with Crippen LogP contribution >= 0.6 is 22.9 Å². The Labute approximate surface area is 169 Å². The molecule has 0 saturated carbocycles. The summed E-state index contributed by atoms with van der Waals surface area (Å²) < 4.78 is 4.03. The minimum Gasteiger partial charge on any atom is -0.306 e. The number of carbonyl (C=O) groups excluding carboxylic acids is 1. The zero-order valence-corrected chi connectivity index (χ0v) is 16.2. The van der Waals surface area contributed by atoms with Crippen LogP contribution in [0.15, 0.2) is 72.3 Å². The van der Waals surface area contributed by atoms with Gasteiger partial charge in [0.15, 0.2) is 5.78 Å². The molecule has 8 heteroatoms. The highest BCUT2D eigenvalue weighted by Crippen LogP contribution is 2.23. The predicted octanol–water partition coefficient (Wildman–Crippen LogP) is 3.95. The number of halogens is 1. The molecule has 0 atom stereocenters. The van der Waals surface area contributed by atoms with Crippen molar-refractivity contribution in [2.75, 3.05) is 0 Å². The number of carbonyl (C=O) groups is 1. The second kappa shape index (κ2) is 7.92. The average Bonchev–Trinajstić information content (AvgIpc) is 3.36. The molecular formula is C20H15ClN4O2S. The molecule has 0 fully saturated rings. The Hall–Kier alpha value is -3.03. The number of imidazole rings is 1. The lowest BCUT2D eigenvalue weighted by molar-refractivity contribution is 0.0986. The van der Waals surface area contributed by atoms with Crippen LogP contribution < -0.4 is 5.56 Å². The van der Waals surface area contributed by atoms with Gasteiger partial charge in [-0.2, -0.15) is 0 Å². The van der Waals surface area contributed by atoms with E-state index in [1.807, 2.05) is 35.0 Å². The van der Waals surface area contributed by atoms with Gasteiger partial charge in [0, 0.05) is 36.4 Å². The Bertz CT molecular complexity index is 1180. The molecule has 3 heterocycles. The maximum Gasteiger partial charge on any atom is 0.273 e. The first-order valence-corrected chi connectivity index (χ1v) is 9.74. The van der Waals surface area contributed by atoms with Crippen LogP contribution in [-0.4, -0.2) is 24.9 Å². The molecule has 3 aromatic heterocycles. The lowest BCUT2D eigenvalue weighted by Gasteiger charge is -2.06. The number of hydrogen-bond acceptors (Lipinski definition) is 5. The molecule has 1 aromatic carbocycles. The highest BCUT2D eigenvalue weighted by atomic mass is 35.5. The van der Waals surface area contributed by atoms with Crippen molar-refractivity contribution in [3.63, 3.8) is 0 Å². The fourth-order valence-corrected chi connectivity index (χ4v) is 3.82. The summed E-state index contributed by atoms with van der Waals surface area (Å²) in [7, 11) is 0. The van der Waals surface area contributed by atoms with Gasteiger partial charge in [-0.15, -0.1) is 11.3 Å². The summed E-state index contributed by atoms with van der Waals surface area (Å²) in [6.45, 7) is 0. The molecular weight excluding hydrogens is 396 g/mol. The van der Waals surface area contributed by atoms with Gasteiger partial charge >= 0.3 is 0 Å². The van der Waals surface area contributed by atoms with E-state index in [9.17, 15) is 9.59 Å². The topological polar surface area (TPSA) is 69.8 Å². The van der Waals surface area contributed by atoms with E-state index in [1.54, 1.807) is 30.9 Å². The van der Waals surface area contributed by atoms with Crippen LogP contribution in [0.3, 0.4) is 0 Å². The second-order valence-electron chi connectivity index (χ2n) is 6.10. The summed E-state index contributed by atoms with van der Waals surface area (Å²) in [4.78, 5) is 32.9. The largest absolute Gasteiger partial charge is 0.306 e. The number of aryl methyl sites for hydroxylation is 1. The number of Topliss-reactive ketones (excluding diaryl/α,β-unsaturated/α-hetero) is 1. The van der Waals surface area contributed by atoms with E-state index >= 15 is 0 Å². The Balaban J connectivity index is 1.45. The fraction of sp³-hybridized carbons (Fsp3) is 0.100. The molecule has 0 radical (unpaired) electrons. The molecule has 0 aliphatic carbocycles. The molecule has 0 aliphatic rings. The lowest BCUT2D eigenvalue weighted by Crippen LogP contribution is -2.16. The normalized spacial score (nSPS) is 10.9. The van der Waals surface area contributed by atoms with Gasteiger partial charge in [-0.05, 0) is 42.8 Å². The van der Waals surface area contributed by atoms with Gasteiger partial charge in [-0.3, -0.25) is 19.1 Å². The van der Waals surface area contributed by atoms with Crippen molar-refractivity contribution in [3.05, 3.63) is 92.8 Å². The Morgan fingerprint density at radius 1 is 1.11 bits per heavy atom. The van der Waals surface area contributed by atoms with Crippen LogP contribution in [0.2, 0.25) is 4.34 Å². The highest BCUT2D eigenvalue weighted by Gasteiger charge is 2.10. The Morgan fingerprint density at radius 3 is 2.61 bits per heavy atom. The SMILES string of the molecule is O=C(CCc1cn(-c2ccc(-n3ccncc3=O)cc2)cn1)c1ccc(Cl)s1. The van der Waals surface area contributed by atoms with Crippen LogP contribution in [0.25, 0.3) is 11.4 Å². The van der Waals surface area contributed by atoms with Crippen molar-refractivity contribution >= 4 is 28.7 Å². The van der Waals surface area contributed by atoms with Crippen molar-refractivity contribution in [2.45, 2.75) is 12.8 Å². The van der Waals surface area contributed by atoms with E-state index in [0.29, 0.717) is 22.1 Å². The van der Waals surface area contributed by atoms with Crippen molar-refractivity contribution < 1.29 is 4.79 Å². The van der Waals surface area contributed by atoms with Crippen LogP contribution in [-0.2, 0) is 6.42 Å². The second-order valence-corrected chi connectivity index (χ2v) is 7.82. The number of rotatable bonds is 6. The number of ketones is 1. The minimum atomic E-state index is -0.183. The maximum absolute atomic E-state index is 12.2. The summed E-state index contributed by atoms with van der Waals surface area (Å²) in [5.41, 5.74) is 2.33. The van der Waals surface area contributed by atoms with Crippen LogP contribution in [0.4, 0.5) is 0 Å². The van der Waals surface area contributed by atoms with E-state index in [-0.39, 0.29) is 11.3 Å². The smallest absolute Gasteiger partial charge is 0.273 e. The number of benzene rings is 1. The molecule has 28 heavy (non-hydrogen) atoms. The van der Waals surface area contributed by atoms with Crippen molar-refractivity contribution in [1.29, 1.82) is 0 Å². The van der Waals surface area contributed by atoms with E-state index in [2.05, 4.69) is 9.97 Å². The highest BCUT2D eigenvalue weighted by molar-refractivity contribution is 7.18. The van der Waals surface area contributed by atoms with E-state index < -0.39 is 0 Å². The van der Waals surface area contributed by atoms with Gasteiger partial charge in [0.25, 0.3) is 5.56 Å². The Morgan fingerprint density at radius 2 is 1.89 bits per heavy atom. The van der Waals surface area contributed by atoms with E-state index in [4.69, 9.17) is 11.6 Å². The molecule has 0 amide bonds. The monoisotopic (exact) mass is 410 g/mol. The lowest BCUT2D eigenvalue weighted by atomic mass is 10.1. The van der Waals surface area contributed by atoms with Gasteiger partial charge in [-0.1, -0.05) is 11.6 Å². The molecule has 0 bridgehead atoms. The van der Waals surface area contributed by atoms with Crippen LogP contribution in [0.1, 0.15) is 21.8 Å². The average molecular weight is 411 g/mol. The van der Waals surface area contributed by atoms with Crippen molar-refractivity contribution in [1.82, 2.24) is 19.1 Å². The number of aromatic nitrogens is 4. The third kappa shape index (κ3) is 3.95.